The van der Waals surface area contributed by atoms with E-state index in [4.69, 9.17) is 11.5 Å². The minimum atomic E-state index is -3.42. The number of hydrogen-bond acceptors (Lipinski definition) is 9. The predicted octanol–water partition coefficient (Wildman–Crippen LogP) is 0.370. The Morgan fingerprint density at radius 3 is 2.06 bits per heavy atom. The summed E-state index contributed by atoms with van der Waals surface area (Å²) in [5.41, 5.74) is 10.8. The summed E-state index contributed by atoms with van der Waals surface area (Å²) in [4.78, 5) is 70.1. The van der Waals surface area contributed by atoms with Crippen LogP contribution in [0.5, 0.6) is 0 Å². The van der Waals surface area contributed by atoms with E-state index in [1.54, 1.807) is 0 Å². The van der Waals surface area contributed by atoms with Crippen molar-refractivity contribution in [2.45, 2.75) is 144 Å². The van der Waals surface area contributed by atoms with E-state index in [0.717, 1.165) is 70.5 Å². The molecule has 6 atom stereocenters. The summed E-state index contributed by atoms with van der Waals surface area (Å²) in [6, 6.07) is -3.88. The summed E-state index contributed by atoms with van der Waals surface area (Å²) in [5.74, 6) is -2.93. The molecule has 0 spiro atoms. The zero-order valence-corrected chi connectivity index (χ0v) is 29.7. The van der Waals surface area contributed by atoms with Crippen molar-refractivity contribution in [2.24, 2.45) is 29.2 Å². The summed E-state index contributed by atoms with van der Waals surface area (Å²) in [6.07, 6.45) is 12.0. The van der Waals surface area contributed by atoms with E-state index in [1.807, 2.05) is 6.92 Å². The number of nitrogens with two attached hydrogens (primary N) is 2. The maximum absolute atomic E-state index is 14.7. The number of hydrogen-bond donors (Lipinski definition) is 6. The van der Waals surface area contributed by atoms with Gasteiger partial charge in [0.2, 0.25) is 17.6 Å². The summed E-state index contributed by atoms with van der Waals surface area (Å²) in [6.45, 7) is 2.03. The van der Waals surface area contributed by atoms with Gasteiger partial charge in [0.05, 0.1) is 17.3 Å². The van der Waals surface area contributed by atoms with Gasteiger partial charge in [-0.05, 0) is 57.8 Å². The number of nitrogens with zero attached hydrogens (tertiary/aromatic N) is 1. The lowest BCUT2D eigenvalue weighted by molar-refractivity contribution is -0.145. The molecule has 1 heterocycles. The number of amides is 5. The van der Waals surface area contributed by atoms with E-state index in [-0.39, 0.29) is 36.1 Å². The normalized spacial score (nSPS) is 31.4. The predicted molar refractivity (Wildman–Crippen MR) is 182 cm³/mol. The fraction of sp³-hybridized carbons (Fsp3) is 0.853. The number of piperidine rings is 1. The highest BCUT2D eigenvalue weighted by atomic mass is 32.2. The summed E-state index contributed by atoms with van der Waals surface area (Å²) in [7, 11) is -3.42. The number of rotatable bonds is 13. The molecule has 0 radical (unpaired) electrons. The van der Waals surface area contributed by atoms with Crippen LogP contribution in [0.2, 0.25) is 0 Å². The molecule has 1 saturated heterocycles. The molecule has 6 aliphatic rings. The average Bonchev–Trinajstić information content (AvgIpc) is 3.98. The molecule has 15 heteroatoms. The van der Waals surface area contributed by atoms with Crippen molar-refractivity contribution in [1.29, 1.82) is 0 Å². The second-order valence-electron chi connectivity index (χ2n) is 16.5. The topological polar surface area (TPSA) is 223 Å². The molecule has 0 aromatic carbocycles. The molecule has 14 nitrogen and oxygen atoms in total. The summed E-state index contributed by atoms with van der Waals surface area (Å²) >= 11 is 0. The van der Waals surface area contributed by atoms with Gasteiger partial charge >= 0.3 is 6.03 Å². The van der Waals surface area contributed by atoms with Gasteiger partial charge in [-0.15, -0.1) is 0 Å². The molecule has 5 saturated carbocycles. The van der Waals surface area contributed by atoms with Crippen molar-refractivity contribution in [3.8, 4) is 0 Å². The smallest absolute Gasteiger partial charge is 0.315 e. The lowest BCUT2D eigenvalue weighted by Crippen LogP contribution is -2.69. The number of carbonyl (C=O) groups is 5. The number of urea groups is 1. The highest BCUT2D eigenvalue weighted by molar-refractivity contribution is 7.90. The van der Waals surface area contributed by atoms with Gasteiger partial charge in [-0.25, -0.2) is 13.2 Å². The zero-order chi connectivity index (χ0) is 35.4. The van der Waals surface area contributed by atoms with Gasteiger partial charge in [-0.3, -0.25) is 19.2 Å². The van der Waals surface area contributed by atoms with Crippen LogP contribution >= 0.6 is 0 Å². The molecule has 0 aromatic rings. The lowest BCUT2D eigenvalue weighted by Gasteiger charge is -2.44. The number of likely N-dealkylation sites (tertiary alicyclic amines) is 1. The van der Waals surface area contributed by atoms with Crippen LogP contribution in [0, 0.1) is 17.8 Å². The Bertz CT molecular complexity index is 1450. The number of nitrogens with one attached hydrogen (secondary N) is 4. The van der Waals surface area contributed by atoms with Crippen LogP contribution in [0.4, 0.5) is 4.79 Å². The summed E-state index contributed by atoms with van der Waals surface area (Å²) < 4.78 is 24.8. The SMILES string of the molecule is CC1(N)[C@@H]2[C@@H](C(=O)NC(CC3CC3)C(=O)C(=O)NC3CC3)N(C(=O)[C@@H](NC(=O)NC3(CS(C)(=O)=O)CCCCC3)C3(N)CCCCC3)C[C@@H]21. The van der Waals surface area contributed by atoms with Gasteiger partial charge in [-0.1, -0.05) is 51.4 Å². The van der Waals surface area contributed by atoms with Crippen molar-refractivity contribution in [2.75, 3.05) is 18.6 Å². The third-order valence-corrected chi connectivity index (χ3v) is 13.2. The Balaban J connectivity index is 1.23. The van der Waals surface area contributed by atoms with Gasteiger partial charge in [0.15, 0.2) is 0 Å². The van der Waals surface area contributed by atoms with Crippen LogP contribution < -0.4 is 32.7 Å². The first-order chi connectivity index (χ1) is 23.0. The Labute approximate surface area is 289 Å². The standard InChI is InChI=1S/C34H55N7O7S/c1-32(35)22-18-41(25(24(22)32)28(43)38-23(17-20-9-10-20)26(42)29(44)37-21-11-12-21)30(45)27(34(36)15-7-4-8-16-34)39-31(46)40-33(19-49(2,47)48)13-5-3-6-14-33/h20-25,27H,3-19,35-36H2,1-2H3,(H,37,44)(H,38,43)(H2,39,40,46)/t22-,23?,24-,25-,27+,32?/m0/s1. The minimum Gasteiger partial charge on any atom is -0.347 e. The number of Topliss-reactive ketones (excluding diaryl/α,β-unsaturated/α-hetero) is 1. The molecule has 0 bridgehead atoms. The zero-order valence-electron chi connectivity index (χ0n) is 28.9. The first kappa shape index (κ1) is 36.0. The van der Waals surface area contributed by atoms with Crippen molar-refractivity contribution < 1.29 is 32.4 Å². The Morgan fingerprint density at radius 2 is 1.49 bits per heavy atom. The molecular weight excluding hydrogens is 650 g/mol. The lowest BCUT2D eigenvalue weighted by atomic mass is 9.76. The number of carbonyl (C=O) groups excluding carboxylic acids is 5. The first-order valence-corrected chi connectivity index (χ1v) is 20.4. The maximum atomic E-state index is 14.7. The van der Waals surface area contributed by atoms with Crippen LogP contribution in [0.15, 0.2) is 0 Å². The van der Waals surface area contributed by atoms with E-state index in [9.17, 15) is 32.4 Å². The van der Waals surface area contributed by atoms with Gasteiger partial charge in [-0.2, -0.15) is 0 Å². The second-order valence-corrected chi connectivity index (χ2v) is 18.7. The molecule has 1 aliphatic heterocycles. The third-order valence-electron chi connectivity index (χ3n) is 12.1. The summed E-state index contributed by atoms with van der Waals surface area (Å²) in [5, 5.41) is 11.4. The molecule has 6 fully saturated rings. The van der Waals surface area contributed by atoms with E-state index in [2.05, 4.69) is 21.3 Å². The van der Waals surface area contributed by atoms with E-state index >= 15 is 0 Å². The van der Waals surface area contributed by atoms with E-state index < -0.39 is 74.1 Å². The minimum absolute atomic E-state index is 0.00814. The fourth-order valence-electron chi connectivity index (χ4n) is 8.96. The van der Waals surface area contributed by atoms with E-state index in [0.29, 0.717) is 32.1 Å². The van der Waals surface area contributed by atoms with Crippen LogP contribution in [-0.4, -0.2) is 102 Å². The monoisotopic (exact) mass is 705 g/mol. The van der Waals surface area contributed by atoms with E-state index in [1.165, 1.54) is 4.90 Å². The molecular formula is C34H55N7O7S. The van der Waals surface area contributed by atoms with Crippen molar-refractivity contribution >= 4 is 39.4 Å². The van der Waals surface area contributed by atoms with Crippen LogP contribution in [-0.2, 0) is 29.0 Å². The van der Waals surface area contributed by atoms with Crippen LogP contribution in [0.25, 0.3) is 0 Å². The van der Waals surface area contributed by atoms with Gasteiger partial charge in [0, 0.05) is 41.8 Å². The first-order valence-electron chi connectivity index (χ1n) is 18.3. The Kier molecular flexibility index (Phi) is 9.86. The quantitative estimate of drug-likeness (QED) is 0.146. The van der Waals surface area contributed by atoms with Crippen LogP contribution in [0.1, 0.15) is 103 Å². The average molecular weight is 706 g/mol. The Hall–Kier alpha value is -2.78. The molecule has 274 valence electrons. The van der Waals surface area contributed by atoms with Gasteiger partial charge in [0.1, 0.15) is 21.9 Å². The largest absolute Gasteiger partial charge is 0.347 e. The highest BCUT2D eigenvalue weighted by Crippen LogP contribution is 2.57. The maximum Gasteiger partial charge on any atom is 0.315 e. The second kappa shape index (κ2) is 13.4. The van der Waals surface area contributed by atoms with Crippen molar-refractivity contribution in [1.82, 2.24) is 26.2 Å². The fourth-order valence-corrected chi connectivity index (χ4v) is 10.3. The molecule has 49 heavy (non-hydrogen) atoms. The molecule has 6 rings (SSSR count). The number of fused-ring (bicyclic) bond motifs is 1. The Morgan fingerprint density at radius 1 is 0.878 bits per heavy atom. The molecule has 8 N–H and O–H groups in total. The number of ketones is 1. The molecule has 5 aliphatic carbocycles. The highest BCUT2D eigenvalue weighted by Gasteiger charge is 2.71. The van der Waals surface area contributed by atoms with Crippen molar-refractivity contribution in [3.05, 3.63) is 0 Å². The molecule has 5 amide bonds. The van der Waals surface area contributed by atoms with Crippen LogP contribution in [0.3, 0.4) is 0 Å². The molecule has 0 aromatic heterocycles. The van der Waals surface area contributed by atoms with Gasteiger partial charge in [0.25, 0.3) is 5.91 Å². The molecule has 2 unspecified atom stereocenters. The van der Waals surface area contributed by atoms with Crippen molar-refractivity contribution in [3.63, 3.8) is 0 Å². The van der Waals surface area contributed by atoms with Gasteiger partial charge < -0.3 is 37.6 Å². The number of sulfone groups is 1. The third kappa shape index (κ3) is 8.08.